The van der Waals surface area contributed by atoms with E-state index in [1.807, 2.05) is 12.1 Å². The molecule has 0 aliphatic rings. The van der Waals surface area contributed by atoms with Crippen LogP contribution in [0.25, 0.3) is 0 Å². The van der Waals surface area contributed by atoms with Gasteiger partial charge in [-0.2, -0.15) is 0 Å². The second-order valence-corrected chi connectivity index (χ2v) is 6.24. The number of benzene rings is 1. The Morgan fingerprint density at radius 1 is 1.20 bits per heavy atom. The molecule has 0 spiro atoms. The number of nitrogens with zero attached hydrogens (tertiary/aromatic N) is 1. The summed E-state index contributed by atoms with van der Waals surface area (Å²) in [6.07, 6.45) is 2.15. The molecule has 1 aromatic carbocycles. The first-order valence-corrected chi connectivity index (χ1v) is 7.80. The van der Waals surface area contributed by atoms with Gasteiger partial charge in [0.15, 0.2) is 0 Å². The van der Waals surface area contributed by atoms with Crippen molar-refractivity contribution in [2.75, 3.05) is 12.3 Å². The highest BCUT2D eigenvalue weighted by Gasteiger charge is 2.20. The number of nitrogen functional groups attached to an aromatic ring is 1. The van der Waals surface area contributed by atoms with Crippen LogP contribution in [-0.2, 0) is 16.4 Å². The van der Waals surface area contributed by atoms with Gasteiger partial charge in [-0.3, -0.25) is 4.98 Å². The first-order chi connectivity index (χ1) is 9.50. The van der Waals surface area contributed by atoms with Gasteiger partial charge in [0.2, 0.25) is 10.0 Å². The lowest BCUT2D eigenvalue weighted by atomic mass is 10.3. The largest absolute Gasteiger partial charge is 0.398 e. The number of hydrogen-bond donors (Lipinski definition) is 2. The molecule has 1 heterocycles. The quantitative estimate of drug-likeness (QED) is 0.825. The minimum absolute atomic E-state index is 0.0808. The number of rotatable bonds is 5. The molecule has 0 saturated heterocycles. The van der Waals surface area contributed by atoms with Crippen molar-refractivity contribution in [3.63, 3.8) is 0 Å². The van der Waals surface area contributed by atoms with Crippen molar-refractivity contribution in [2.24, 2.45) is 0 Å². The Hall–Kier alpha value is -1.63. The van der Waals surface area contributed by atoms with Crippen molar-refractivity contribution >= 4 is 27.3 Å². The first-order valence-electron chi connectivity index (χ1n) is 5.94. The molecule has 0 aliphatic carbocycles. The summed E-state index contributed by atoms with van der Waals surface area (Å²) in [5, 5.41) is 0.107. The van der Waals surface area contributed by atoms with Crippen molar-refractivity contribution in [1.29, 1.82) is 0 Å². The van der Waals surface area contributed by atoms with Crippen LogP contribution < -0.4 is 10.5 Å². The van der Waals surface area contributed by atoms with E-state index in [9.17, 15) is 8.42 Å². The minimum Gasteiger partial charge on any atom is -0.398 e. The van der Waals surface area contributed by atoms with Crippen molar-refractivity contribution < 1.29 is 8.42 Å². The van der Waals surface area contributed by atoms with Crippen LogP contribution in [0.4, 0.5) is 5.69 Å². The maximum Gasteiger partial charge on any atom is 0.244 e. The Balaban J connectivity index is 2.09. The number of nitrogens with two attached hydrogens (primary N) is 1. The van der Waals surface area contributed by atoms with Crippen LogP contribution in [0.5, 0.6) is 0 Å². The van der Waals surface area contributed by atoms with Gasteiger partial charge in [0.1, 0.15) is 4.90 Å². The van der Waals surface area contributed by atoms with Gasteiger partial charge in [-0.25, -0.2) is 13.1 Å². The van der Waals surface area contributed by atoms with E-state index in [4.69, 9.17) is 17.3 Å². The van der Waals surface area contributed by atoms with Crippen LogP contribution in [0, 0.1) is 0 Å². The number of anilines is 1. The van der Waals surface area contributed by atoms with E-state index in [1.165, 1.54) is 12.1 Å². The first kappa shape index (κ1) is 14.8. The van der Waals surface area contributed by atoms with Gasteiger partial charge in [0.05, 0.1) is 10.7 Å². The van der Waals surface area contributed by atoms with Gasteiger partial charge in [-0.1, -0.05) is 23.7 Å². The zero-order valence-corrected chi connectivity index (χ0v) is 12.2. The lowest BCUT2D eigenvalue weighted by Gasteiger charge is -2.10. The lowest BCUT2D eigenvalue weighted by molar-refractivity contribution is 0.582. The van der Waals surface area contributed by atoms with Gasteiger partial charge in [-0.15, -0.1) is 0 Å². The second kappa shape index (κ2) is 6.21. The standard InChI is InChI=1S/C13H14ClN3O2S/c14-11-5-3-6-12(15)13(11)20(18,19)17-9-7-10-4-1-2-8-16-10/h1-6,8,17H,7,9,15H2. The Kier molecular flexibility index (Phi) is 4.59. The Bertz CT molecular complexity index is 670. The lowest BCUT2D eigenvalue weighted by Crippen LogP contribution is -2.27. The topological polar surface area (TPSA) is 85.1 Å². The number of sulfonamides is 1. The Morgan fingerprint density at radius 2 is 2.00 bits per heavy atom. The predicted octanol–water partition coefficient (Wildman–Crippen LogP) is 1.84. The highest BCUT2D eigenvalue weighted by Crippen LogP contribution is 2.26. The molecule has 0 amide bonds. The Morgan fingerprint density at radius 3 is 2.65 bits per heavy atom. The molecule has 7 heteroatoms. The summed E-state index contributed by atoms with van der Waals surface area (Å²) in [5.74, 6) is 0. The van der Waals surface area contributed by atoms with E-state index in [-0.39, 0.29) is 22.2 Å². The van der Waals surface area contributed by atoms with Crippen LogP contribution in [-0.4, -0.2) is 19.9 Å². The second-order valence-electron chi connectivity index (χ2n) is 4.13. The van der Waals surface area contributed by atoms with Crippen LogP contribution in [0.2, 0.25) is 5.02 Å². The normalized spacial score (nSPS) is 11.4. The summed E-state index contributed by atoms with van der Waals surface area (Å²) in [6, 6.07) is 10.1. The third-order valence-electron chi connectivity index (χ3n) is 2.67. The molecule has 0 aliphatic heterocycles. The smallest absolute Gasteiger partial charge is 0.244 e. The van der Waals surface area contributed by atoms with Gasteiger partial charge in [0.25, 0.3) is 0 Å². The summed E-state index contributed by atoms with van der Waals surface area (Å²) in [5.41, 5.74) is 6.61. The fourth-order valence-corrected chi connectivity index (χ4v) is 3.45. The van der Waals surface area contributed by atoms with Crippen LogP contribution >= 0.6 is 11.6 Å². The Labute approximate surface area is 122 Å². The molecule has 2 rings (SSSR count). The van der Waals surface area contributed by atoms with E-state index < -0.39 is 10.0 Å². The number of aromatic nitrogens is 1. The van der Waals surface area contributed by atoms with Gasteiger partial charge in [0, 0.05) is 24.9 Å². The monoisotopic (exact) mass is 311 g/mol. The molecule has 5 nitrogen and oxygen atoms in total. The molecule has 2 aromatic rings. The molecule has 0 fully saturated rings. The molecular formula is C13H14ClN3O2S. The summed E-state index contributed by atoms with van der Waals surface area (Å²) in [7, 11) is -3.73. The summed E-state index contributed by atoms with van der Waals surface area (Å²) >= 11 is 5.90. The maximum atomic E-state index is 12.2. The summed E-state index contributed by atoms with van der Waals surface area (Å²) in [4.78, 5) is 4.04. The molecule has 0 saturated carbocycles. The van der Waals surface area contributed by atoms with Crippen LogP contribution in [0.15, 0.2) is 47.5 Å². The highest BCUT2D eigenvalue weighted by atomic mass is 35.5. The number of pyridine rings is 1. The van der Waals surface area contributed by atoms with E-state index in [2.05, 4.69) is 9.71 Å². The van der Waals surface area contributed by atoms with Gasteiger partial charge < -0.3 is 5.73 Å². The van der Waals surface area contributed by atoms with E-state index >= 15 is 0 Å². The SMILES string of the molecule is Nc1cccc(Cl)c1S(=O)(=O)NCCc1ccccn1. The molecule has 0 atom stereocenters. The molecular weight excluding hydrogens is 298 g/mol. The van der Waals surface area contributed by atoms with Crippen molar-refractivity contribution in [1.82, 2.24) is 9.71 Å². The van der Waals surface area contributed by atoms with Crippen LogP contribution in [0.3, 0.4) is 0 Å². The molecule has 3 N–H and O–H groups in total. The summed E-state index contributed by atoms with van der Waals surface area (Å²) < 4.78 is 26.8. The molecule has 20 heavy (non-hydrogen) atoms. The van der Waals surface area contributed by atoms with E-state index in [0.29, 0.717) is 6.42 Å². The molecule has 0 unspecified atom stereocenters. The number of hydrogen-bond acceptors (Lipinski definition) is 4. The number of halogens is 1. The van der Waals surface area contributed by atoms with Crippen LogP contribution in [0.1, 0.15) is 5.69 Å². The van der Waals surface area contributed by atoms with E-state index in [0.717, 1.165) is 5.69 Å². The molecule has 1 aromatic heterocycles. The fraction of sp³-hybridized carbons (Fsp3) is 0.154. The predicted molar refractivity (Wildman–Crippen MR) is 79.0 cm³/mol. The average molecular weight is 312 g/mol. The van der Waals surface area contributed by atoms with E-state index in [1.54, 1.807) is 18.3 Å². The fourth-order valence-electron chi connectivity index (χ4n) is 1.74. The van der Waals surface area contributed by atoms with Crippen molar-refractivity contribution in [3.8, 4) is 0 Å². The molecule has 0 bridgehead atoms. The molecule has 106 valence electrons. The average Bonchev–Trinajstić information content (AvgIpc) is 2.39. The zero-order chi connectivity index (χ0) is 14.6. The molecule has 0 radical (unpaired) electrons. The van der Waals surface area contributed by atoms with Crippen molar-refractivity contribution in [2.45, 2.75) is 11.3 Å². The highest BCUT2D eigenvalue weighted by molar-refractivity contribution is 7.89. The third-order valence-corrected chi connectivity index (χ3v) is 4.67. The minimum atomic E-state index is -3.73. The van der Waals surface area contributed by atoms with Gasteiger partial charge >= 0.3 is 0 Å². The van der Waals surface area contributed by atoms with Gasteiger partial charge in [-0.05, 0) is 24.3 Å². The number of nitrogens with one attached hydrogen (secondary N) is 1. The third kappa shape index (κ3) is 3.47. The maximum absolute atomic E-state index is 12.2. The zero-order valence-electron chi connectivity index (χ0n) is 10.6. The summed E-state index contributed by atoms with van der Waals surface area (Å²) in [6.45, 7) is 0.226. The van der Waals surface area contributed by atoms with Crippen molar-refractivity contribution in [3.05, 3.63) is 53.3 Å².